The molecule has 2 aliphatic rings. The van der Waals surface area contributed by atoms with Crippen LogP contribution in [0.2, 0.25) is 0 Å². The van der Waals surface area contributed by atoms with Crippen molar-refractivity contribution in [3.8, 4) is 0 Å². The van der Waals surface area contributed by atoms with E-state index < -0.39 is 0 Å². The van der Waals surface area contributed by atoms with Crippen LogP contribution in [0, 0.1) is 0 Å². The van der Waals surface area contributed by atoms with Crippen molar-refractivity contribution in [2.45, 2.75) is 56.2 Å². The first-order valence-corrected chi connectivity index (χ1v) is 9.82. The summed E-state index contributed by atoms with van der Waals surface area (Å²) in [6.45, 7) is 1.64. The van der Waals surface area contributed by atoms with Gasteiger partial charge in [-0.2, -0.15) is 0 Å². The van der Waals surface area contributed by atoms with Gasteiger partial charge in [0.1, 0.15) is 6.61 Å². The predicted octanol–water partition coefficient (Wildman–Crippen LogP) is 2.86. The van der Waals surface area contributed by atoms with Gasteiger partial charge in [-0.1, -0.05) is 28.0 Å². The highest BCUT2D eigenvalue weighted by molar-refractivity contribution is 8.77. The predicted molar refractivity (Wildman–Crippen MR) is 83.7 cm³/mol. The molecule has 1 amide bonds. The summed E-state index contributed by atoms with van der Waals surface area (Å²) in [6, 6.07) is 0.106. The molecule has 0 N–H and O–H groups in total. The minimum Gasteiger partial charge on any atom is -0.466 e. The lowest BCUT2D eigenvalue weighted by molar-refractivity contribution is -0.137. The summed E-state index contributed by atoms with van der Waals surface area (Å²) in [4.78, 5) is 24.3. The van der Waals surface area contributed by atoms with Gasteiger partial charge in [-0.25, -0.2) is 0 Å². The van der Waals surface area contributed by atoms with Gasteiger partial charge in [-0.05, 0) is 32.1 Å². The van der Waals surface area contributed by atoms with E-state index in [1.165, 1.54) is 18.6 Å². The van der Waals surface area contributed by atoms with Crippen molar-refractivity contribution in [1.82, 2.24) is 4.90 Å². The maximum atomic E-state index is 12.2. The minimum atomic E-state index is 0.106. The van der Waals surface area contributed by atoms with Gasteiger partial charge in [0.05, 0.1) is 6.04 Å². The van der Waals surface area contributed by atoms with E-state index in [1.807, 2.05) is 26.5 Å². The molecule has 6 heteroatoms. The van der Waals surface area contributed by atoms with Gasteiger partial charge in [-0.3, -0.25) is 9.59 Å². The number of carbonyl (C=O) groups excluding carboxylic acids is 2. The molecular formula is C14H23NO3S2. The second kappa shape index (κ2) is 8.82. The van der Waals surface area contributed by atoms with Crippen LogP contribution >= 0.6 is 21.6 Å². The van der Waals surface area contributed by atoms with Crippen molar-refractivity contribution in [3.05, 3.63) is 0 Å². The first-order chi connectivity index (χ1) is 9.81. The SMILES string of the molecule is O=COC[C@@H]1CCCN1C(=O)CCCCC1CCSS1. The molecule has 2 saturated heterocycles. The fraction of sp³-hybridized carbons (Fsp3) is 0.857. The number of hydrogen-bond acceptors (Lipinski definition) is 5. The van der Waals surface area contributed by atoms with Crippen molar-refractivity contribution in [1.29, 1.82) is 0 Å². The number of carbonyl (C=O) groups is 2. The Bertz CT molecular complexity index is 322. The lowest BCUT2D eigenvalue weighted by Gasteiger charge is -2.23. The summed E-state index contributed by atoms with van der Waals surface area (Å²) in [5, 5.41) is 0.802. The molecule has 0 saturated carbocycles. The Hall–Kier alpha value is -0.360. The third kappa shape index (κ3) is 4.88. The number of rotatable bonds is 8. The molecule has 114 valence electrons. The Labute approximate surface area is 128 Å². The van der Waals surface area contributed by atoms with Crippen molar-refractivity contribution >= 4 is 34.0 Å². The number of amides is 1. The quantitative estimate of drug-likeness (QED) is 0.391. The van der Waals surface area contributed by atoms with Crippen molar-refractivity contribution < 1.29 is 14.3 Å². The van der Waals surface area contributed by atoms with Gasteiger partial charge in [0.2, 0.25) is 5.91 Å². The molecule has 2 aliphatic heterocycles. The van der Waals surface area contributed by atoms with Crippen molar-refractivity contribution in [2.24, 2.45) is 0 Å². The number of hydrogen-bond donors (Lipinski definition) is 0. The highest BCUT2D eigenvalue weighted by Crippen LogP contribution is 2.39. The number of unbranched alkanes of at least 4 members (excludes halogenated alkanes) is 1. The third-order valence-corrected chi connectivity index (χ3v) is 6.95. The van der Waals surface area contributed by atoms with Crippen LogP contribution in [-0.4, -0.2) is 47.5 Å². The van der Waals surface area contributed by atoms with Gasteiger partial charge >= 0.3 is 0 Å². The molecule has 4 nitrogen and oxygen atoms in total. The highest BCUT2D eigenvalue weighted by atomic mass is 33.1. The van der Waals surface area contributed by atoms with Crippen molar-refractivity contribution in [3.63, 3.8) is 0 Å². The Morgan fingerprint density at radius 1 is 1.35 bits per heavy atom. The van der Waals surface area contributed by atoms with E-state index in [2.05, 4.69) is 0 Å². The normalized spacial score (nSPS) is 25.9. The Morgan fingerprint density at radius 3 is 3.00 bits per heavy atom. The van der Waals surface area contributed by atoms with Crippen LogP contribution in [0.3, 0.4) is 0 Å². The van der Waals surface area contributed by atoms with Crippen LogP contribution < -0.4 is 0 Å². The van der Waals surface area contributed by atoms with Crippen LogP contribution in [0.25, 0.3) is 0 Å². The highest BCUT2D eigenvalue weighted by Gasteiger charge is 2.28. The third-order valence-electron chi connectivity index (χ3n) is 3.95. The van der Waals surface area contributed by atoms with Gasteiger partial charge in [0.15, 0.2) is 0 Å². The van der Waals surface area contributed by atoms with E-state index >= 15 is 0 Å². The Balaban J connectivity index is 1.61. The lowest BCUT2D eigenvalue weighted by Crippen LogP contribution is -2.38. The molecule has 0 spiro atoms. The van der Waals surface area contributed by atoms with E-state index in [4.69, 9.17) is 4.74 Å². The molecular weight excluding hydrogens is 294 g/mol. The van der Waals surface area contributed by atoms with E-state index in [-0.39, 0.29) is 11.9 Å². The molecule has 0 aromatic heterocycles. The standard InChI is InChI=1S/C14H23NO3S2/c16-11-18-10-12-4-3-8-15(12)14(17)6-2-1-5-13-7-9-19-20-13/h11-13H,1-10H2/t12-,13?/m0/s1. The summed E-state index contributed by atoms with van der Waals surface area (Å²) < 4.78 is 4.81. The fourth-order valence-corrected chi connectivity index (χ4v) is 5.87. The summed E-state index contributed by atoms with van der Waals surface area (Å²) in [5.41, 5.74) is 0. The van der Waals surface area contributed by atoms with Crippen molar-refractivity contribution in [2.75, 3.05) is 18.9 Å². The molecule has 0 radical (unpaired) electrons. The average molecular weight is 317 g/mol. The van der Waals surface area contributed by atoms with Gasteiger partial charge < -0.3 is 9.64 Å². The molecule has 0 bridgehead atoms. The molecule has 0 aromatic carbocycles. The molecule has 20 heavy (non-hydrogen) atoms. The maximum Gasteiger partial charge on any atom is 0.293 e. The number of ether oxygens (including phenoxy) is 1. The first-order valence-electron chi connectivity index (χ1n) is 7.44. The monoisotopic (exact) mass is 317 g/mol. The summed E-state index contributed by atoms with van der Waals surface area (Å²) in [7, 11) is 3.98. The van der Waals surface area contributed by atoms with Gasteiger partial charge in [0, 0.05) is 24.0 Å². The fourth-order valence-electron chi connectivity index (χ4n) is 2.84. The van der Waals surface area contributed by atoms with Gasteiger partial charge in [0.25, 0.3) is 6.47 Å². The molecule has 1 unspecified atom stereocenters. The molecule has 2 rings (SSSR count). The zero-order chi connectivity index (χ0) is 14.2. The molecule has 2 atom stereocenters. The molecule has 2 fully saturated rings. The van der Waals surface area contributed by atoms with Gasteiger partial charge in [-0.15, -0.1) is 0 Å². The number of nitrogens with zero attached hydrogens (tertiary/aromatic N) is 1. The van der Waals surface area contributed by atoms with E-state index in [0.29, 0.717) is 19.5 Å². The van der Waals surface area contributed by atoms with E-state index in [9.17, 15) is 9.59 Å². The molecule has 0 aliphatic carbocycles. The second-order valence-electron chi connectivity index (χ2n) is 5.39. The summed E-state index contributed by atoms with van der Waals surface area (Å²) in [6.07, 6.45) is 7.31. The summed E-state index contributed by atoms with van der Waals surface area (Å²) >= 11 is 0. The van der Waals surface area contributed by atoms with Crippen LogP contribution in [-0.2, 0) is 14.3 Å². The minimum absolute atomic E-state index is 0.106. The topological polar surface area (TPSA) is 46.6 Å². The van der Waals surface area contributed by atoms with Crippen LogP contribution in [0.5, 0.6) is 0 Å². The van der Waals surface area contributed by atoms with E-state index in [1.54, 1.807) is 0 Å². The summed E-state index contributed by atoms with van der Waals surface area (Å²) in [5.74, 6) is 1.51. The zero-order valence-electron chi connectivity index (χ0n) is 11.8. The zero-order valence-corrected chi connectivity index (χ0v) is 13.4. The van der Waals surface area contributed by atoms with Crippen LogP contribution in [0.15, 0.2) is 0 Å². The van der Waals surface area contributed by atoms with Crippen LogP contribution in [0.4, 0.5) is 0 Å². The smallest absolute Gasteiger partial charge is 0.293 e. The lowest BCUT2D eigenvalue weighted by atomic mass is 10.1. The molecule has 2 heterocycles. The number of likely N-dealkylation sites (tertiary alicyclic amines) is 1. The Morgan fingerprint density at radius 2 is 2.25 bits per heavy atom. The first kappa shape index (κ1) is 16.0. The largest absolute Gasteiger partial charge is 0.466 e. The van der Waals surface area contributed by atoms with Crippen LogP contribution in [0.1, 0.15) is 44.9 Å². The maximum absolute atomic E-state index is 12.2. The molecule has 0 aromatic rings. The average Bonchev–Trinajstić information content (AvgIpc) is 3.12. The second-order valence-corrected chi connectivity index (χ2v) is 8.17. The van der Waals surface area contributed by atoms with E-state index in [0.717, 1.165) is 37.5 Å². The Kier molecular flexibility index (Phi) is 7.07.